The molecule has 3 amide bonds. The molecule has 132 valence electrons. The van der Waals surface area contributed by atoms with Gasteiger partial charge in [0.1, 0.15) is 0 Å². The summed E-state index contributed by atoms with van der Waals surface area (Å²) in [6.45, 7) is 7.95. The molecule has 0 aliphatic carbocycles. The summed E-state index contributed by atoms with van der Waals surface area (Å²) < 4.78 is 0. The van der Waals surface area contributed by atoms with E-state index >= 15 is 0 Å². The Balaban J connectivity index is 2.00. The summed E-state index contributed by atoms with van der Waals surface area (Å²) >= 11 is 6.30. The normalized spacial score (nSPS) is 18.9. The van der Waals surface area contributed by atoms with Crippen molar-refractivity contribution in [3.63, 3.8) is 0 Å². The lowest BCUT2D eigenvalue weighted by Gasteiger charge is -2.36. The van der Waals surface area contributed by atoms with Crippen LogP contribution in [0.5, 0.6) is 0 Å². The Morgan fingerprint density at radius 1 is 1.33 bits per heavy atom. The molecular weight excluding hydrogens is 328 g/mol. The maximum atomic E-state index is 12.2. The van der Waals surface area contributed by atoms with Crippen molar-refractivity contribution >= 4 is 23.5 Å². The van der Waals surface area contributed by atoms with Crippen molar-refractivity contribution in [1.29, 1.82) is 0 Å². The summed E-state index contributed by atoms with van der Waals surface area (Å²) in [5.41, 5.74) is 0.595. The second-order valence-electron chi connectivity index (χ2n) is 6.96. The van der Waals surface area contributed by atoms with Crippen LogP contribution in [-0.2, 0) is 4.79 Å². The molecule has 0 bridgehead atoms. The minimum Gasteiger partial charge on any atom is -0.333 e. The summed E-state index contributed by atoms with van der Waals surface area (Å²) in [4.78, 5) is 26.1. The zero-order valence-electron chi connectivity index (χ0n) is 14.4. The lowest BCUT2D eigenvalue weighted by atomic mass is 10.0. The number of nitrogens with one attached hydrogen (secondary N) is 3. The molecule has 1 heterocycles. The Kier molecular flexibility index (Phi) is 6.21. The lowest BCUT2D eigenvalue weighted by molar-refractivity contribution is -0.122. The van der Waals surface area contributed by atoms with Crippen LogP contribution in [0.4, 0.5) is 4.79 Å². The Morgan fingerprint density at radius 3 is 2.71 bits per heavy atom. The van der Waals surface area contributed by atoms with Gasteiger partial charge in [-0.05, 0) is 32.4 Å². The highest BCUT2D eigenvalue weighted by Crippen LogP contribution is 2.28. The predicted octanol–water partition coefficient (Wildman–Crippen LogP) is 1.91. The molecule has 1 aromatic carbocycles. The minimum absolute atomic E-state index is 0.00359. The van der Waals surface area contributed by atoms with E-state index < -0.39 is 6.03 Å². The average molecular weight is 353 g/mol. The lowest BCUT2D eigenvalue weighted by Crippen LogP contribution is -2.53. The Hall–Kier alpha value is -1.63. The van der Waals surface area contributed by atoms with E-state index in [0.29, 0.717) is 18.1 Å². The van der Waals surface area contributed by atoms with Crippen LogP contribution in [0.25, 0.3) is 0 Å². The largest absolute Gasteiger partial charge is 0.333 e. The van der Waals surface area contributed by atoms with Crippen molar-refractivity contribution in [3.05, 3.63) is 34.9 Å². The zero-order chi connectivity index (χ0) is 17.7. The minimum atomic E-state index is -0.475. The molecule has 6 nitrogen and oxygen atoms in total. The van der Waals surface area contributed by atoms with Crippen molar-refractivity contribution in [2.45, 2.75) is 32.4 Å². The summed E-state index contributed by atoms with van der Waals surface area (Å²) in [5, 5.41) is 9.11. The molecule has 0 aromatic heterocycles. The molecule has 1 atom stereocenters. The van der Waals surface area contributed by atoms with E-state index in [1.807, 2.05) is 49.9 Å². The van der Waals surface area contributed by atoms with Gasteiger partial charge in [0.2, 0.25) is 5.91 Å². The fourth-order valence-corrected chi connectivity index (χ4v) is 2.97. The first-order valence-electron chi connectivity index (χ1n) is 8.07. The van der Waals surface area contributed by atoms with Crippen molar-refractivity contribution in [2.75, 3.05) is 26.2 Å². The summed E-state index contributed by atoms with van der Waals surface area (Å²) in [6.07, 6.45) is 0. The number of nitrogens with zero attached hydrogens (tertiary/aromatic N) is 1. The number of rotatable bonds is 3. The van der Waals surface area contributed by atoms with Crippen LogP contribution in [0.2, 0.25) is 5.02 Å². The number of benzene rings is 1. The molecule has 1 aliphatic heterocycles. The maximum absolute atomic E-state index is 12.2. The molecule has 0 radical (unpaired) electrons. The van der Waals surface area contributed by atoms with Gasteiger partial charge in [-0.2, -0.15) is 0 Å². The fourth-order valence-electron chi connectivity index (χ4n) is 2.71. The molecule has 1 aliphatic rings. The molecule has 2 rings (SSSR count). The number of hydrogen-bond donors (Lipinski definition) is 3. The highest BCUT2D eigenvalue weighted by Gasteiger charge is 2.27. The Morgan fingerprint density at radius 2 is 2.04 bits per heavy atom. The average Bonchev–Trinajstić information content (AvgIpc) is 2.46. The van der Waals surface area contributed by atoms with E-state index in [0.717, 1.165) is 12.1 Å². The van der Waals surface area contributed by atoms with E-state index in [2.05, 4.69) is 16.0 Å². The van der Waals surface area contributed by atoms with E-state index in [1.165, 1.54) is 0 Å². The van der Waals surface area contributed by atoms with Gasteiger partial charge in [0.25, 0.3) is 0 Å². The molecule has 1 unspecified atom stereocenters. The van der Waals surface area contributed by atoms with Crippen molar-refractivity contribution in [2.24, 2.45) is 0 Å². The van der Waals surface area contributed by atoms with Crippen LogP contribution in [-0.4, -0.2) is 48.6 Å². The number of urea groups is 1. The highest BCUT2D eigenvalue weighted by atomic mass is 35.5. The Labute approximate surface area is 147 Å². The van der Waals surface area contributed by atoms with Crippen molar-refractivity contribution in [3.8, 4) is 0 Å². The first kappa shape index (κ1) is 18.7. The molecule has 1 aromatic rings. The molecule has 1 fully saturated rings. The summed E-state index contributed by atoms with van der Waals surface area (Å²) in [5.74, 6) is -0.323. The number of hydrogen-bond acceptors (Lipinski definition) is 4. The van der Waals surface area contributed by atoms with Crippen LogP contribution in [0.15, 0.2) is 24.3 Å². The second kappa shape index (κ2) is 7.96. The van der Waals surface area contributed by atoms with E-state index in [9.17, 15) is 9.59 Å². The van der Waals surface area contributed by atoms with Crippen LogP contribution >= 0.6 is 11.6 Å². The number of piperazine rings is 1. The smallest absolute Gasteiger partial charge is 0.321 e. The number of amides is 3. The third-order valence-electron chi connectivity index (χ3n) is 3.71. The standard InChI is InChI=1S/C17H25ClN4O2/c1-17(2,3)21-16(24)20-15(23)11-22-9-8-19-10-14(22)12-6-4-5-7-13(12)18/h4-7,14,19H,8-11H2,1-3H3,(H2,20,21,23,24). The van der Waals surface area contributed by atoms with Gasteiger partial charge in [0.05, 0.1) is 6.54 Å². The topological polar surface area (TPSA) is 73.5 Å². The van der Waals surface area contributed by atoms with Gasteiger partial charge in [0.15, 0.2) is 0 Å². The number of carbonyl (C=O) groups excluding carboxylic acids is 2. The molecule has 7 heteroatoms. The summed E-state index contributed by atoms with van der Waals surface area (Å²) in [6, 6.07) is 7.17. The second-order valence-corrected chi connectivity index (χ2v) is 7.37. The summed E-state index contributed by atoms with van der Waals surface area (Å²) in [7, 11) is 0. The number of imide groups is 1. The van der Waals surface area contributed by atoms with Gasteiger partial charge < -0.3 is 10.6 Å². The Bertz CT molecular complexity index is 600. The monoisotopic (exact) mass is 352 g/mol. The third-order valence-corrected chi connectivity index (χ3v) is 4.05. The fraction of sp³-hybridized carbons (Fsp3) is 0.529. The van der Waals surface area contributed by atoms with Crippen LogP contribution in [0, 0.1) is 0 Å². The molecule has 0 saturated carbocycles. The van der Waals surface area contributed by atoms with Gasteiger partial charge in [-0.15, -0.1) is 0 Å². The van der Waals surface area contributed by atoms with E-state index in [4.69, 9.17) is 11.6 Å². The van der Waals surface area contributed by atoms with E-state index in [-0.39, 0.29) is 24.0 Å². The van der Waals surface area contributed by atoms with E-state index in [1.54, 1.807) is 0 Å². The molecule has 0 spiro atoms. The SMILES string of the molecule is CC(C)(C)NC(=O)NC(=O)CN1CCNCC1c1ccccc1Cl. The van der Waals surface area contributed by atoms with Gasteiger partial charge >= 0.3 is 6.03 Å². The maximum Gasteiger partial charge on any atom is 0.321 e. The zero-order valence-corrected chi connectivity index (χ0v) is 15.1. The predicted molar refractivity (Wildman–Crippen MR) is 95.1 cm³/mol. The number of halogens is 1. The highest BCUT2D eigenvalue weighted by molar-refractivity contribution is 6.31. The molecular formula is C17H25ClN4O2. The van der Waals surface area contributed by atoms with Gasteiger partial charge in [-0.3, -0.25) is 15.0 Å². The third kappa shape index (κ3) is 5.47. The van der Waals surface area contributed by atoms with Crippen molar-refractivity contribution in [1.82, 2.24) is 20.9 Å². The van der Waals surface area contributed by atoms with Gasteiger partial charge in [0, 0.05) is 36.2 Å². The first-order chi connectivity index (χ1) is 11.3. The van der Waals surface area contributed by atoms with Crippen LogP contribution < -0.4 is 16.0 Å². The molecule has 24 heavy (non-hydrogen) atoms. The molecule has 3 N–H and O–H groups in total. The number of carbonyl (C=O) groups is 2. The van der Waals surface area contributed by atoms with Crippen LogP contribution in [0.3, 0.4) is 0 Å². The van der Waals surface area contributed by atoms with Gasteiger partial charge in [-0.25, -0.2) is 4.79 Å². The molecule has 1 saturated heterocycles. The quantitative estimate of drug-likeness (QED) is 0.777. The first-order valence-corrected chi connectivity index (χ1v) is 8.45. The van der Waals surface area contributed by atoms with Gasteiger partial charge in [-0.1, -0.05) is 29.8 Å². The van der Waals surface area contributed by atoms with Crippen LogP contribution in [0.1, 0.15) is 32.4 Å². The van der Waals surface area contributed by atoms with Crippen molar-refractivity contribution < 1.29 is 9.59 Å².